The van der Waals surface area contributed by atoms with E-state index in [9.17, 15) is 9.90 Å². The maximum atomic E-state index is 12.3. The molecule has 0 aromatic heterocycles. The van der Waals surface area contributed by atoms with Gasteiger partial charge < -0.3 is 15.7 Å². The second-order valence-corrected chi connectivity index (χ2v) is 6.18. The van der Waals surface area contributed by atoms with Crippen LogP contribution in [0.15, 0.2) is 30.3 Å². The number of aliphatic hydroxyl groups is 1. The van der Waals surface area contributed by atoms with Crippen LogP contribution in [0.1, 0.15) is 44.8 Å². The summed E-state index contributed by atoms with van der Waals surface area (Å²) in [6.07, 6.45) is 1.96. The molecule has 0 bridgehead atoms. The molecule has 4 heteroatoms. The molecule has 1 saturated heterocycles. The summed E-state index contributed by atoms with van der Waals surface area (Å²) in [7, 11) is 0. The minimum absolute atomic E-state index is 0.0275. The lowest BCUT2D eigenvalue weighted by molar-refractivity contribution is -0.137. The van der Waals surface area contributed by atoms with Gasteiger partial charge in [0.1, 0.15) is 0 Å². The second-order valence-electron chi connectivity index (χ2n) is 6.18. The molecule has 4 nitrogen and oxygen atoms in total. The first kappa shape index (κ1) is 15.0. The minimum atomic E-state index is -0.847. The van der Waals surface area contributed by atoms with Crippen molar-refractivity contribution >= 4 is 5.91 Å². The molecule has 1 aromatic carbocycles. The summed E-state index contributed by atoms with van der Waals surface area (Å²) >= 11 is 0. The zero-order valence-corrected chi connectivity index (χ0v) is 12.2. The molecular weight excluding hydrogens is 252 g/mol. The summed E-state index contributed by atoms with van der Waals surface area (Å²) in [5.74, 6) is -0.0275. The van der Waals surface area contributed by atoms with Crippen LogP contribution in [0.5, 0.6) is 0 Å². The predicted molar refractivity (Wildman–Crippen MR) is 79.0 cm³/mol. The number of nitrogens with two attached hydrogens (primary N) is 1. The first-order chi connectivity index (χ1) is 9.39. The lowest BCUT2D eigenvalue weighted by Gasteiger charge is -2.31. The van der Waals surface area contributed by atoms with E-state index in [1.54, 1.807) is 13.8 Å². The summed E-state index contributed by atoms with van der Waals surface area (Å²) in [6.45, 7) is 4.21. The Balaban J connectivity index is 2.03. The van der Waals surface area contributed by atoms with Crippen molar-refractivity contribution in [2.24, 2.45) is 5.73 Å². The fraction of sp³-hybridized carbons (Fsp3) is 0.562. The number of hydrogen-bond acceptors (Lipinski definition) is 3. The Bertz CT molecular complexity index is 453. The van der Waals surface area contributed by atoms with Crippen LogP contribution in [0.25, 0.3) is 0 Å². The maximum absolute atomic E-state index is 12.3. The molecule has 2 atom stereocenters. The van der Waals surface area contributed by atoms with Crippen LogP contribution in [-0.2, 0) is 4.79 Å². The molecule has 1 aromatic rings. The number of carbonyl (C=O) groups excluding carboxylic acids is 1. The van der Waals surface area contributed by atoms with Gasteiger partial charge in [0, 0.05) is 12.6 Å². The molecule has 0 saturated carbocycles. The smallest absolute Gasteiger partial charge is 0.242 e. The third kappa shape index (κ3) is 3.38. The van der Waals surface area contributed by atoms with Gasteiger partial charge in [0.2, 0.25) is 5.91 Å². The lowest BCUT2D eigenvalue weighted by atomic mass is 9.99. The van der Waals surface area contributed by atoms with Crippen LogP contribution in [0.3, 0.4) is 0 Å². The van der Waals surface area contributed by atoms with Crippen LogP contribution < -0.4 is 5.73 Å². The summed E-state index contributed by atoms with van der Waals surface area (Å²) < 4.78 is 0. The number of hydrogen-bond donors (Lipinski definition) is 2. The number of rotatable bonds is 4. The quantitative estimate of drug-likeness (QED) is 0.882. The fourth-order valence-electron chi connectivity index (χ4n) is 2.79. The Labute approximate surface area is 120 Å². The maximum Gasteiger partial charge on any atom is 0.242 e. The van der Waals surface area contributed by atoms with Crippen molar-refractivity contribution in [2.75, 3.05) is 6.54 Å². The number of benzene rings is 1. The van der Waals surface area contributed by atoms with Gasteiger partial charge in [0.15, 0.2) is 0 Å². The zero-order chi connectivity index (χ0) is 14.8. The highest BCUT2D eigenvalue weighted by molar-refractivity contribution is 5.85. The average Bonchev–Trinajstić information content (AvgIpc) is 2.85. The summed E-state index contributed by atoms with van der Waals surface area (Å²) in [6, 6.07) is 9.68. The van der Waals surface area contributed by atoms with Gasteiger partial charge in [-0.15, -0.1) is 0 Å². The summed E-state index contributed by atoms with van der Waals surface area (Å²) in [5.41, 5.74) is 5.96. The molecule has 2 rings (SSSR count). The molecule has 1 aliphatic rings. The number of amides is 1. The Morgan fingerprint density at radius 3 is 2.70 bits per heavy atom. The van der Waals surface area contributed by atoms with E-state index in [1.165, 1.54) is 0 Å². The molecular formula is C16H24N2O2. The fourth-order valence-corrected chi connectivity index (χ4v) is 2.79. The van der Waals surface area contributed by atoms with E-state index in [1.807, 2.05) is 35.2 Å². The molecule has 2 unspecified atom stereocenters. The number of carbonyl (C=O) groups is 1. The lowest BCUT2D eigenvalue weighted by Crippen LogP contribution is -2.52. The molecule has 0 aliphatic carbocycles. The normalized spacial score (nSPS) is 21.0. The number of aliphatic hydroxyl groups excluding tert-OH is 1. The second kappa shape index (κ2) is 5.94. The van der Waals surface area contributed by atoms with Gasteiger partial charge in [-0.3, -0.25) is 4.79 Å². The number of nitrogens with zero attached hydrogens (tertiary/aromatic N) is 1. The number of likely N-dealkylation sites (tertiary alicyclic amines) is 1. The van der Waals surface area contributed by atoms with Crippen molar-refractivity contribution in [3.63, 3.8) is 0 Å². The van der Waals surface area contributed by atoms with Crippen molar-refractivity contribution in [3.05, 3.63) is 35.9 Å². The Hall–Kier alpha value is -1.39. The van der Waals surface area contributed by atoms with Crippen molar-refractivity contribution in [2.45, 2.75) is 50.8 Å². The first-order valence-corrected chi connectivity index (χ1v) is 7.22. The van der Waals surface area contributed by atoms with Crippen molar-refractivity contribution in [1.82, 2.24) is 4.90 Å². The van der Waals surface area contributed by atoms with Gasteiger partial charge >= 0.3 is 0 Å². The van der Waals surface area contributed by atoms with E-state index in [0.29, 0.717) is 6.42 Å². The van der Waals surface area contributed by atoms with E-state index in [-0.39, 0.29) is 11.9 Å². The standard InChI is InChI=1S/C16H24N2O2/c1-16(2,17)15(20)18-10-6-9-13(18)11-14(19)12-7-4-3-5-8-12/h3-5,7-8,13-14,19H,6,9-11,17H2,1-2H3. The van der Waals surface area contributed by atoms with Gasteiger partial charge in [0.05, 0.1) is 11.6 Å². The highest BCUT2D eigenvalue weighted by Gasteiger charge is 2.36. The molecule has 0 radical (unpaired) electrons. The molecule has 1 fully saturated rings. The van der Waals surface area contributed by atoms with Crippen LogP contribution in [0.2, 0.25) is 0 Å². The largest absolute Gasteiger partial charge is 0.388 e. The Kier molecular flexibility index (Phi) is 4.45. The van der Waals surface area contributed by atoms with Crippen molar-refractivity contribution in [3.8, 4) is 0 Å². The Morgan fingerprint density at radius 1 is 1.45 bits per heavy atom. The molecule has 20 heavy (non-hydrogen) atoms. The van der Waals surface area contributed by atoms with E-state index < -0.39 is 11.6 Å². The Morgan fingerprint density at radius 2 is 2.10 bits per heavy atom. The van der Waals surface area contributed by atoms with E-state index in [0.717, 1.165) is 24.9 Å². The molecule has 1 aliphatic heterocycles. The van der Waals surface area contributed by atoms with Crippen molar-refractivity contribution in [1.29, 1.82) is 0 Å². The van der Waals surface area contributed by atoms with Crippen LogP contribution in [0.4, 0.5) is 0 Å². The third-order valence-electron chi connectivity index (χ3n) is 3.87. The third-order valence-corrected chi connectivity index (χ3v) is 3.87. The highest BCUT2D eigenvalue weighted by Crippen LogP contribution is 2.28. The molecule has 0 spiro atoms. The predicted octanol–water partition coefficient (Wildman–Crippen LogP) is 1.84. The van der Waals surface area contributed by atoms with Crippen LogP contribution in [-0.4, -0.2) is 34.0 Å². The molecule has 1 amide bonds. The summed E-state index contributed by atoms with van der Waals surface area (Å²) in [4.78, 5) is 14.2. The molecule has 3 N–H and O–H groups in total. The van der Waals surface area contributed by atoms with Crippen molar-refractivity contribution < 1.29 is 9.90 Å². The highest BCUT2D eigenvalue weighted by atomic mass is 16.3. The van der Waals surface area contributed by atoms with E-state index in [2.05, 4.69) is 0 Å². The molecule has 110 valence electrons. The van der Waals surface area contributed by atoms with E-state index in [4.69, 9.17) is 5.73 Å². The van der Waals surface area contributed by atoms with Gasteiger partial charge in [-0.2, -0.15) is 0 Å². The average molecular weight is 276 g/mol. The van der Waals surface area contributed by atoms with Crippen LogP contribution >= 0.6 is 0 Å². The first-order valence-electron chi connectivity index (χ1n) is 7.22. The molecule has 1 heterocycles. The summed E-state index contributed by atoms with van der Waals surface area (Å²) in [5, 5.41) is 10.3. The monoisotopic (exact) mass is 276 g/mol. The topological polar surface area (TPSA) is 66.6 Å². The van der Waals surface area contributed by atoms with Gasteiger partial charge in [-0.1, -0.05) is 30.3 Å². The van der Waals surface area contributed by atoms with E-state index >= 15 is 0 Å². The van der Waals surface area contributed by atoms with Gasteiger partial charge in [-0.05, 0) is 38.7 Å². The van der Waals surface area contributed by atoms with Crippen LogP contribution in [0, 0.1) is 0 Å². The zero-order valence-electron chi connectivity index (χ0n) is 12.2. The van der Waals surface area contributed by atoms with Gasteiger partial charge in [0.25, 0.3) is 0 Å². The minimum Gasteiger partial charge on any atom is -0.388 e. The van der Waals surface area contributed by atoms with Gasteiger partial charge in [-0.25, -0.2) is 0 Å². The SMILES string of the molecule is CC(C)(N)C(=O)N1CCCC1CC(O)c1ccccc1.